The summed E-state index contributed by atoms with van der Waals surface area (Å²) in [4.78, 5) is 45.5. The average molecular weight is 467 g/mol. The second-order valence-corrected chi connectivity index (χ2v) is 9.36. The van der Waals surface area contributed by atoms with Crippen molar-refractivity contribution in [2.45, 2.75) is 65.7 Å². The fourth-order valence-electron chi connectivity index (χ4n) is 3.14. The number of hydrogen-bond donors (Lipinski definition) is 1. The lowest BCUT2D eigenvalue weighted by atomic mass is 9.98. The molecule has 1 unspecified atom stereocenters. The number of amides is 1. The summed E-state index contributed by atoms with van der Waals surface area (Å²) in [6.45, 7) is 6.27. The van der Waals surface area contributed by atoms with E-state index in [1.165, 1.54) is 43.0 Å². The molecule has 0 saturated heterocycles. The number of ether oxygens (including phenoxy) is 1. The zero-order chi connectivity index (χ0) is 23.9. The molecule has 1 N–H and O–H groups in total. The van der Waals surface area contributed by atoms with Crippen molar-refractivity contribution in [3.63, 3.8) is 0 Å². The molecule has 0 bridgehead atoms. The Morgan fingerprint density at radius 3 is 2.28 bits per heavy atom. The number of hydrogen-bond acceptors (Lipinski definition) is 7. The first-order chi connectivity index (χ1) is 15.2. The van der Waals surface area contributed by atoms with Crippen LogP contribution in [0.2, 0.25) is 0 Å². The van der Waals surface area contributed by atoms with Gasteiger partial charge in [0.05, 0.1) is 4.92 Å². The fourth-order valence-corrected chi connectivity index (χ4v) is 3.86. The summed E-state index contributed by atoms with van der Waals surface area (Å²) in [5.41, 5.74) is -0.0496. The minimum Gasteiger partial charge on any atom is -0.427 e. The number of nitrogens with one attached hydrogen (secondary N) is 1. The van der Waals surface area contributed by atoms with Crippen LogP contribution in [0.5, 0.6) is 5.75 Å². The maximum Gasteiger partial charge on any atom is 0.311 e. The largest absolute Gasteiger partial charge is 0.427 e. The number of nitrogens with zero attached hydrogens (tertiary/aromatic N) is 1. The molecule has 9 heteroatoms. The Kier molecular flexibility index (Phi) is 13.3. The number of non-ortho nitro benzene ring substituents is 1. The van der Waals surface area contributed by atoms with E-state index in [1.807, 2.05) is 0 Å². The number of esters is 1. The van der Waals surface area contributed by atoms with E-state index < -0.39 is 4.92 Å². The molecule has 0 aromatic heterocycles. The van der Waals surface area contributed by atoms with Gasteiger partial charge in [-0.1, -0.05) is 44.9 Å². The van der Waals surface area contributed by atoms with Crippen LogP contribution in [0.25, 0.3) is 0 Å². The highest BCUT2D eigenvalue weighted by atomic mass is 32.2. The minimum atomic E-state index is -0.505. The first kappa shape index (κ1) is 27.6. The molecular formula is C23H34N2O6S. The Morgan fingerprint density at radius 2 is 1.69 bits per heavy atom. The third kappa shape index (κ3) is 12.4. The van der Waals surface area contributed by atoms with Crippen LogP contribution in [0, 0.1) is 22.0 Å². The van der Waals surface area contributed by atoms with Crippen molar-refractivity contribution in [1.29, 1.82) is 0 Å². The maximum atomic E-state index is 12.4. The van der Waals surface area contributed by atoms with E-state index in [-0.39, 0.29) is 28.6 Å². The molecule has 0 fully saturated rings. The highest BCUT2D eigenvalue weighted by Crippen LogP contribution is 2.19. The van der Waals surface area contributed by atoms with E-state index in [9.17, 15) is 24.5 Å². The van der Waals surface area contributed by atoms with Crippen LogP contribution in [0.1, 0.15) is 65.7 Å². The third-order valence-electron chi connectivity index (χ3n) is 4.75. The molecule has 0 aliphatic carbocycles. The molecule has 1 atom stereocenters. The lowest BCUT2D eigenvalue weighted by Gasteiger charge is -2.17. The van der Waals surface area contributed by atoms with Crippen molar-refractivity contribution >= 4 is 34.4 Å². The lowest BCUT2D eigenvalue weighted by molar-refractivity contribution is -0.384. The van der Waals surface area contributed by atoms with E-state index in [0.717, 1.165) is 32.1 Å². The molecule has 1 rings (SSSR count). The van der Waals surface area contributed by atoms with Gasteiger partial charge in [-0.2, -0.15) is 0 Å². The first-order valence-corrected chi connectivity index (χ1v) is 12.0. The van der Waals surface area contributed by atoms with Gasteiger partial charge in [0, 0.05) is 43.7 Å². The Labute approximate surface area is 194 Å². The number of thioether (sulfide) groups is 1. The second kappa shape index (κ2) is 15.4. The number of rotatable bonds is 15. The quantitative estimate of drug-likeness (QED) is 0.128. The third-order valence-corrected chi connectivity index (χ3v) is 5.73. The predicted molar refractivity (Wildman–Crippen MR) is 126 cm³/mol. The molecule has 1 aromatic carbocycles. The predicted octanol–water partition coefficient (Wildman–Crippen LogP) is 4.90. The monoisotopic (exact) mass is 466 g/mol. The van der Waals surface area contributed by atoms with Crippen molar-refractivity contribution in [3.05, 3.63) is 34.4 Å². The number of unbranched alkanes of at least 4 members (excludes halogenated alkanes) is 4. The van der Waals surface area contributed by atoms with Gasteiger partial charge in [0.25, 0.3) is 5.69 Å². The number of benzene rings is 1. The lowest BCUT2D eigenvalue weighted by Crippen LogP contribution is -2.33. The van der Waals surface area contributed by atoms with E-state index in [1.54, 1.807) is 0 Å². The standard InChI is InChI=1S/C23H34N2O6S/c1-17(2)15-19(16-32-18(3)26)23(28)24-14-8-6-4-5-7-9-22(27)31-21-12-10-20(11-13-21)25(29)30/h10-13,17,19H,4-9,14-16H2,1-3H3,(H,24,28). The van der Waals surface area contributed by atoms with Crippen molar-refractivity contribution in [3.8, 4) is 5.75 Å². The normalized spacial score (nSPS) is 11.8. The maximum absolute atomic E-state index is 12.4. The summed E-state index contributed by atoms with van der Waals surface area (Å²) in [6.07, 6.45) is 5.42. The number of carbonyl (C=O) groups is 3. The van der Waals surface area contributed by atoms with Crippen LogP contribution in [-0.4, -0.2) is 34.2 Å². The number of carbonyl (C=O) groups excluding carboxylic acids is 3. The van der Waals surface area contributed by atoms with Crippen LogP contribution in [0.4, 0.5) is 5.69 Å². The van der Waals surface area contributed by atoms with E-state index in [2.05, 4.69) is 19.2 Å². The molecule has 1 aromatic rings. The summed E-state index contributed by atoms with van der Waals surface area (Å²) in [7, 11) is 0. The number of nitro groups is 1. The molecule has 0 spiro atoms. The van der Waals surface area contributed by atoms with Crippen molar-refractivity contribution in [2.24, 2.45) is 11.8 Å². The minimum absolute atomic E-state index is 0.0152. The molecule has 0 heterocycles. The molecule has 8 nitrogen and oxygen atoms in total. The zero-order valence-electron chi connectivity index (χ0n) is 19.1. The summed E-state index contributed by atoms with van der Waals surface area (Å²) in [5.74, 6) is 0.729. The summed E-state index contributed by atoms with van der Waals surface area (Å²) in [5, 5.41) is 13.6. The van der Waals surface area contributed by atoms with Crippen molar-refractivity contribution < 1.29 is 24.0 Å². The Hall–Kier alpha value is -2.42. The Balaban J connectivity index is 2.14. The van der Waals surface area contributed by atoms with Gasteiger partial charge in [0.2, 0.25) is 5.91 Å². The van der Waals surface area contributed by atoms with Gasteiger partial charge in [-0.05, 0) is 37.3 Å². The van der Waals surface area contributed by atoms with Crippen LogP contribution in [0.3, 0.4) is 0 Å². The molecule has 0 saturated carbocycles. The van der Waals surface area contributed by atoms with Crippen LogP contribution in [0.15, 0.2) is 24.3 Å². The van der Waals surface area contributed by atoms with Gasteiger partial charge in [0.1, 0.15) is 5.75 Å². The summed E-state index contributed by atoms with van der Waals surface area (Å²) >= 11 is 1.20. The van der Waals surface area contributed by atoms with Gasteiger partial charge in [-0.25, -0.2) is 0 Å². The SMILES string of the molecule is CC(=O)SCC(CC(C)C)C(=O)NCCCCCCCC(=O)Oc1ccc([N+](=O)[O-])cc1. The molecule has 0 radical (unpaired) electrons. The zero-order valence-corrected chi connectivity index (χ0v) is 19.9. The molecule has 178 valence electrons. The van der Waals surface area contributed by atoms with E-state index in [0.29, 0.717) is 36.8 Å². The molecule has 0 aliphatic heterocycles. The van der Waals surface area contributed by atoms with Gasteiger partial charge in [-0.3, -0.25) is 24.5 Å². The fraction of sp³-hybridized carbons (Fsp3) is 0.609. The highest BCUT2D eigenvalue weighted by molar-refractivity contribution is 8.13. The van der Waals surface area contributed by atoms with Crippen molar-refractivity contribution in [1.82, 2.24) is 5.32 Å². The van der Waals surface area contributed by atoms with Crippen LogP contribution >= 0.6 is 11.8 Å². The van der Waals surface area contributed by atoms with Crippen LogP contribution < -0.4 is 10.1 Å². The molecule has 32 heavy (non-hydrogen) atoms. The van der Waals surface area contributed by atoms with Crippen LogP contribution in [-0.2, 0) is 14.4 Å². The van der Waals surface area contributed by atoms with Gasteiger partial charge < -0.3 is 10.1 Å². The van der Waals surface area contributed by atoms with Gasteiger partial charge in [-0.15, -0.1) is 0 Å². The summed E-state index contributed by atoms with van der Waals surface area (Å²) < 4.78 is 5.17. The average Bonchev–Trinajstić information content (AvgIpc) is 2.72. The number of nitro benzene ring substituents is 1. The van der Waals surface area contributed by atoms with Crippen molar-refractivity contribution in [2.75, 3.05) is 12.3 Å². The molecular weight excluding hydrogens is 432 g/mol. The summed E-state index contributed by atoms with van der Waals surface area (Å²) in [6, 6.07) is 5.42. The smallest absolute Gasteiger partial charge is 0.311 e. The Bertz CT molecular complexity index is 751. The first-order valence-electron chi connectivity index (χ1n) is 11.0. The topological polar surface area (TPSA) is 116 Å². The second-order valence-electron chi connectivity index (χ2n) is 8.16. The highest BCUT2D eigenvalue weighted by Gasteiger charge is 2.20. The van der Waals surface area contributed by atoms with Gasteiger partial charge in [0.15, 0.2) is 5.12 Å². The molecule has 1 amide bonds. The molecule has 0 aliphatic rings. The van der Waals surface area contributed by atoms with Gasteiger partial charge >= 0.3 is 5.97 Å². The van der Waals surface area contributed by atoms with E-state index in [4.69, 9.17) is 4.74 Å². The Morgan fingerprint density at radius 1 is 1.06 bits per heavy atom. The van der Waals surface area contributed by atoms with E-state index >= 15 is 0 Å².